The van der Waals surface area contributed by atoms with Gasteiger partial charge in [-0.15, -0.1) is 0 Å². The van der Waals surface area contributed by atoms with Gasteiger partial charge in [0.05, 0.1) is 5.56 Å². The minimum atomic E-state index is -0.965. The van der Waals surface area contributed by atoms with Gasteiger partial charge in [0.2, 0.25) is 0 Å². The van der Waals surface area contributed by atoms with Gasteiger partial charge in [-0.2, -0.15) is 0 Å². The Labute approximate surface area is 159 Å². The number of carbonyl (C=O) groups excluding carboxylic acids is 1. The van der Waals surface area contributed by atoms with E-state index in [2.05, 4.69) is 41.5 Å². The Balaban J connectivity index is 1.70. The maximum Gasteiger partial charge on any atom is 0.322 e. The standard InChI is InChI=1S/C21H25N3O3/c1-23-13-16-8-4-3-7-15(16)11-17(23)14-24(2)21(27)18-9-5-6-10-19(18)22-12-20(25)26/h3-10,17,22H,11-14H2,1-2H3,(H,25,26)/t17-/m1/s1. The monoisotopic (exact) mass is 367 g/mol. The van der Waals surface area contributed by atoms with Crippen molar-refractivity contribution in [2.75, 3.05) is 32.5 Å². The maximum atomic E-state index is 13.0. The number of carbonyl (C=O) groups is 2. The fourth-order valence-corrected chi connectivity index (χ4v) is 3.52. The van der Waals surface area contributed by atoms with E-state index in [1.165, 1.54) is 11.1 Å². The molecular formula is C21H25N3O3. The van der Waals surface area contributed by atoms with E-state index in [1.807, 2.05) is 0 Å². The highest BCUT2D eigenvalue weighted by Gasteiger charge is 2.26. The fourth-order valence-electron chi connectivity index (χ4n) is 3.52. The molecule has 142 valence electrons. The number of aliphatic carboxylic acids is 1. The molecule has 0 unspecified atom stereocenters. The zero-order valence-corrected chi connectivity index (χ0v) is 15.7. The van der Waals surface area contributed by atoms with Gasteiger partial charge >= 0.3 is 5.97 Å². The lowest BCUT2D eigenvalue weighted by Gasteiger charge is -2.36. The van der Waals surface area contributed by atoms with Crippen LogP contribution in [0.1, 0.15) is 21.5 Å². The van der Waals surface area contributed by atoms with Crippen LogP contribution in [0.3, 0.4) is 0 Å². The summed E-state index contributed by atoms with van der Waals surface area (Å²) in [6, 6.07) is 15.7. The van der Waals surface area contributed by atoms with Crippen molar-refractivity contribution in [1.82, 2.24) is 9.80 Å². The first-order chi connectivity index (χ1) is 13.0. The van der Waals surface area contributed by atoms with E-state index < -0.39 is 5.97 Å². The summed E-state index contributed by atoms with van der Waals surface area (Å²) < 4.78 is 0. The fraction of sp³-hybridized carbons (Fsp3) is 0.333. The summed E-state index contributed by atoms with van der Waals surface area (Å²) in [7, 11) is 3.88. The molecule has 2 N–H and O–H groups in total. The molecular weight excluding hydrogens is 342 g/mol. The van der Waals surface area contributed by atoms with Gasteiger partial charge in [-0.1, -0.05) is 36.4 Å². The van der Waals surface area contributed by atoms with E-state index >= 15 is 0 Å². The summed E-state index contributed by atoms with van der Waals surface area (Å²) in [4.78, 5) is 27.8. The lowest BCUT2D eigenvalue weighted by molar-refractivity contribution is -0.134. The topological polar surface area (TPSA) is 72.9 Å². The van der Waals surface area contributed by atoms with E-state index in [0.29, 0.717) is 17.8 Å². The van der Waals surface area contributed by atoms with Gasteiger partial charge < -0.3 is 15.3 Å². The molecule has 2 aromatic carbocycles. The number of benzene rings is 2. The molecule has 0 saturated heterocycles. The number of amides is 1. The van der Waals surface area contributed by atoms with E-state index in [9.17, 15) is 9.59 Å². The summed E-state index contributed by atoms with van der Waals surface area (Å²) in [6.45, 7) is 1.26. The smallest absolute Gasteiger partial charge is 0.322 e. The third kappa shape index (κ3) is 4.46. The van der Waals surface area contributed by atoms with Crippen LogP contribution >= 0.6 is 0 Å². The van der Waals surface area contributed by atoms with Gasteiger partial charge in [-0.05, 0) is 36.7 Å². The molecule has 0 fully saturated rings. The Morgan fingerprint density at radius 1 is 1.15 bits per heavy atom. The van der Waals surface area contributed by atoms with Crippen LogP contribution in [0.2, 0.25) is 0 Å². The molecule has 0 radical (unpaired) electrons. The van der Waals surface area contributed by atoms with Crippen LogP contribution in [0.4, 0.5) is 5.69 Å². The van der Waals surface area contributed by atoms with Crippen LogP contribution < -0.4 is 5.32 Å². The number of carboxylic acid groups (broad SMARTS) is 1. The predicted octanol–water partition coefficient (Wildman–Crippen LogP) is 2.31. The first kappa shape index (κ1) is 18.9. The highest BCUT2D eigenvalue weighted by molar-refractivity contribution is 5.99. The quantitative estimate of drug-likeness (QED) is 0.820. The average molecular weight is 367 g/mol. The first-order valence-corrected chi connectivity index (χ1v) is 9.03. The largest absolute Gasteiger partial charge is 0.480 e. The van der Waals surface area contributed by atoms with Crippen molar-refractivity contribution < 1.29 is 14.7 Å². The highest BCUT2D eigenvalue weighted by atomic mass is 16.4. The number of likely N-dealkylation sites (N-methyl/N-ethyl adjacent to an activating group) is 2. The number of para-hydroxylation sites is 1. The van der Waals surface area contributed by atoms with Gasteiger partial charge in [0.15, 0.2) is 0 Å². The molecule has 1 atom stereocenters. The maximum absolute atomic E-state index is 13.0. The van der Waals surface area contributed by atoms with Crippen LogP contribution in [0.5, 0.6) is 0 Å². The van der Waals surface area contributed by atoms with Crippen LogP contribution in [0.15, 0.2) is 48.5 Å². The second-order valence-corrected chi connectivity index (χ2v) is 7.02. The number of nitrogens with zero attached hydrogens (tertiary/aromatic N) is 2. The van der Waals surface area contributed by atoms with E-state index in [1.54, 1.807) is 36.2 Å². The molecule has 0 spiro atoms. The Bertz CT molecular complexity index is 837. The third-order valence-corrected chi connectivity index (χ3v) is 5.04. The molecule has 6 nitrogen and oxygen atoms in total. The lowest BCUT2D eigenvalue weighted by atomic mass is 9.94. The van der Waals surface area contributed by atoms with Crippen molar-refractivity contribution in [1.29, 1.82) is 0 Å². The van der Waals surface area contributed by atoms with Crippen molar-refractivity contribution in [2.24, 2.45) is 0 Å². The molecule has 2 aromatic rings. The molecule has 1 aliphatic rings. The molecule has 0 aliphatic carbocycles. The zero-order chi connectivity index (χ0) is 19.4. The van der Waals surface area contributed by atoms with Crippen LogP contribution in [0.25, 0.3) is 0 Å². The highest BCUT2D eigenvalue weighted by Crippen LogP contribution is 2.23. The van der Waals surface area contributed by atoms with Gasteiger partial charge in [0.1, 0.15) is 6.54 Å². The zero-order valence-electron chi connectivity index (χ0n) is 15.7. The molecule has 1 aliphatic heterocycles. The summed E-state index contributed by atoms with van der Waals surface area (Å²) in [6.07, 6.45) is 0.906. The van der Waals surface area contributed by atoms with Crippen LogP contribution in [0, 0.1) is 0 Å². The Morgan fingerprint density at radius 2 is 1.81 bits per heavy atom. The van der Waals surface area contributed by atoms with E-state index in [4.69, 9.17) is 5.11 Å². The summed E-state index contributed by atoms with van der Waals surface area (Å²) in [5.41, 5.74) is 3.71. The van der Waals surface area contributed by atoms with Gasteiger partial charge in [0.25, 0.3) is 5.91 Å². The minimum absolute atomic E-state index is 0.115. The third-order valence-electron chi connectivity index (χ3n) is 5.04. The molecule has 1 amide bonds. The number of nitrogens with one attached hydrogen (secondary N) is 1. The Morgan fingerprint density at radius 3 is 2.56 bits per heavy atom. The number of rotatable bonds is 6. The normalized spacial score (nSPS) is 16.4. The lowest BCUT2D eigenvalue weighted by Crippen LogP contribution is -2.46. The molecule has 0 aromatic heterocycles. The summed E-state index contributed by atoms with van der Waals surface area (Å²) in [5, 5.41) is 11.7. The summed E-state index contributed by atoms with van der Waals surface area (Å²) in [5.74, 6) is -1.08. The van der Waals surface area contributed by atoms with Gasteiger partial charge in [-0.3, -0.25) is 14.5 Å². The second-order valence-electron chi connectivity index (χ2n) is 7.02. The SMILES string of the molecule is CN(C[C@H]1Cc2ccccc2CN1C)C(=O)c1ccccc1NCC(=O)O. The molecule has 3 rings (SSSR count). The molecule has 1 heterocycles. The minimum Gasteiger partial charge on any atom is -0.480 e. The van der Waals surface area contributed by atoms with Crippen molar-refractivity contribution in [3.63, 3.8) is 0 Å². The predicted molar refractivity (Wildman–Crippen MR) is 105 cm³/mol. The number of hydrogen-bond acceptors (Lipinski definition) is 4. The number of hydrogen-bond donors (Lipinski definition) is 2. The van der Waals surface area contributed by atoms with Crippen LogP contribution in [-0.4, -0.2) is 60.0 Å². The first-order valence-electron chi connectivity index (χ1n) is 9.03. The molecule has 27 heavy (non-hydrogen) atoms. The number of fused-ring (bicyclic) bond motifs is 1. The number of carboxylic acids is 1. The number of anilines is 1. The van der Waals surface area contributed by atoms with Crippen molar-refractivity contribution in [2.45, 2.75) is 19.0 Å². The van der Waals surface area contributed by atoms with Crippen molar-refractivity contribution >= 4 is 17.6 Å². The summed E-state index contributed by atoms with van der Waals surface area (Å²) >= 11 is 0. The average Bonchev–Trinajstić information content (AvgIpc) is 2.66. The van der Waals surface area contributed by atoms with Gasteiger partial charge in [0, 0.05) is 31.9 Å². The molecule has 6 heteroatoms. The second kappa shape index (κ2) is 8.22. The van der Waals surface area contributed by atoms with Gasteiger partial charge in [-0.25, -0.2) is 0 Å². The van der Waals surface area contributed by atoms with E-state index in [0.717, 1.165) is 13.0 Å². The molecule has 0 saturated carbocycles. The Kier molecular flexibility index (Phi) is 5.76. The Hall–Kier alpha value is -2.86. The molecule has 0 bridgehead atoms. The van der Waals surface area contributed by atoms with Crippen molar-refractivity contribution in [3.8, 4) is 0 Å². The van der Waals surface area contributed by atoms with E-state index in [-0.39, 0.29) is 18.5 Å². The van der Waals surface area contributed by atoms with Crippen LogP contribution in [-0.2, 0) is 17.8 Å². The van der Waals surface area contributed by atoms with Crippen molar-refractivity contribution in [3.05, 3.63) is 65.2 Å².